The van der Waals surface area contributed by atoms with Crippen molar-refractivity contribution in [3.05, 3.63) is 59.7 Å². The Balaban J connectivity index is 1.72. The highest BCUT2D eigenvalue weighted by atomic mass is 16.5. The number of amides is 2. The third-order valence-corrected chi connectivity index (χ3v) is 5.52. The summed E-state index contributed by atoms with van der Waals surface area (Å²) in [6.45, 7) is 7.46. The maximum Gasteiger partial charge on any atom is 0.265 e. The molecule has 1 fully saturated rings. The fraction of sp³-hybridized carbons (Fsp3) is 0.440. The van der Waals surface area contributed by atoms with Gasteiger partial charge in [0.15, 0.2) is 6.10 Å². The van der Waals surface area contributed by atoms with Gasteiger partial charge in [0.2, 0.25) is 0 Å². The van der Waals surface area contributed by atoms with Crippen molar-refractivity contribution in [2.45, 2.75) is 58.5 Å². The summed E-state index contributed by atoms with van der Waals surface area (Å²) in [5.74, 6) is 0.712. The summed E-state index contributed by atoms with van der Waals surface area (Å²) >= 11 is 0. The molecule has 1 aliphatic rings. The van der Waals surface area contributed by atoms with Crippen molar-refractivity contribution in [2.75, 3.05) is 18.4 Å². The Hall–Kier alpha value is -2.82. The second-order valence-corrected chi connectivity index (χ2v) is 8.19. The first kappa shape index (κ1) is 21.9. The van der Waals surface area contributed by atoms with E-state index < -0.39 is 6.10 Å². The molecule has 1 saturated heterocycles. The molecule has 0 bridgehead atoms. The maximum absolute atomic E-state index is 13.1. The molecule has 3 rings (SSSR count). The van der Waals surface area contributed by atoms with Crippen LogP contribution in [0.1, 0.15) is 68.3 Å². The third-order valence-electron chi connectivity index (χ3n) is 5.52. The zero-order valence-electron chi connectivity index (χ0n) is 18.2. The number of carbonyl (C=O) groups excluding carboxylic acids is 2. The van der Waals surface area contributed by atoms with Crippen LogP contribution in [0.2, 0.25) is 0 Å². The van der Waals surface area contributed by atoms with Gasteiger partial charge in [0.05, 0.1) is 11.3 Å². The number of benzene rings is 2. The molecule has 0 aromatic heterocycles. The quantitative estimate of drug-likeness (QED) is 0.712. The summed E-state index contributed by atoms with van der Waals surface area (Å²) in [4.78, 5) is 27.8. The van der Waals surface area contributed by atoms with Crippen LogP contribution in [0.3, 0.4) is 0 Å². The van der Waals surface area contributed by atoms with E-state index in [-0.39, 0.29) is 11.8 Å². The maximum atomic E-state index is 13.1. The number of carbonyl (C=O) groups is 2. The number of likely N-dealkylation sites (tertiary alicyclic amines) is 1. The monoisotopic (exact) mass is 408 g/mol. The van der Waals surface area contributed by atoms with Gasteiger partial charge in [-0.1, -0.05) is 57.0 Å². The average molecular weight is 409 g/mol. The first-order valence-electron chi connectivity index (χ1n) is 10.9. The van der Waals surface area contributed by atoms with Crippen LogP contribution < -0.4 is 10.1 Å². The molecular weight excluding hydrogens is 376 g/mol. The van der Waals surface area contributed by atoms with E-state index in [2.05, 4.69) is 19.2 Å². The second kappa shape index (κ2) is 10.3. The standard InChI is InChI=1S/C25H32N2O3/c1-18(2)20-12-7-9-15-23(20)30-19(3)24(28)26-22-14-8-6-13-21(22)25(29)27-16-10-4-5-11-17-27/h6-9,12-15,18-19H,4-5,10-11,16-17H2,1-3H3,(H,26,28). The number of anilines is 1. The minimum absolute atomic E-state index is 0.0217. The Labute approximate surface area is 179 Å². The van der Waals surface area contributed by atoms with Crippen LogP contribution >= 0.6 is 0 Å². The Bertz CT molecular complexity index is 870. The third kappa shape index (κ3) is 5.41. The van der Waals surface area contributed by atoms with Crippen molar-refractivity contribution in [3.8, 4) is 5.75 Å². The van der Waals surface area contributed by atoms with Crippen LogP contribution in [0.15, 0.2) is 48.5 Å². The SMILES string of the molecule is CC(Oc1ccccc1C(C)C)C(=O)Nc1ccccc1C(=O)N1CCCCCC1. The Morgan fingerprint density at radius 2 is 1.53 bits per heavy atom. The summed E-state index contributed by atoms with van der Waals surface area (Å²) in [5.41, 5.74) is 2.13. The zero-order chi connectivity index (χ0) is 21.5. The van der Waals surface area contributed by atoms with E-state index in [0.29, 0.717) is 22.9 Å². The number of rotatable bonds is 6. The van der Waals surface area contributed by atoms with Gasteiger partial charge >= 0.3 is 0 Å². The van der Waals surface area contributed by atoms with Crippen molar-refractivity contribution < 1.29 is 14.3 Å². The molecule has 0 spiro atoms. The highest BCUT2D eigenvalue weighted by Crippen LogP contribution is 2.27. The number of nitrogens with zero attached hydrogens (tertiary/aromatic N) is 1. The molecule has 0 aliphatic carbocycles. The molecule has 1 heterocycles. The molecule has 0 saturated carbocycles. The molecule has 160 valence electrons. The Morgan fingerprint density at radius 1 is 0.900 bits per heavy atom. The molecule has 0 radical (unpaired) electrons. The van der Waals surface area contributed by atoms with Crippen LogP contribution in [-0.4, -0.2) is 35.9 Å². The van der Waals surface area contributed by atoms with Gasteiger partial charge < -0.3 is 15.0 Å². The van der Waals surface area contributed by atoms with Crippen molar-refractivity contribution in [1.82, 2.24) is 4.90 Å². The smallest absolute Gasteiger partial charge is 0.265 e. The molecule has 5 nitrogen and oxygen atoms in total. The van der Waals surface area contributed by atoms with Crippen molar-refractivity contribution in [3.63, 3.8) is 0 Å². The predicted octanol–water partition coefficient (Wildman–Crippen LogP) is 5.23. The van der Waals surface area contributed by atoms with Crippen LogP contribution in [-0.2, 0) is 4.79 Å². The van der Waals surface area contributed by atoms with E-state index in [1.807, 2.05) is 41.3 Å². The molecule has 1 unspecified atom stereocenters. The number of hydrogen-bond acceptors (Lipinski definition) is 3. The topological polar surface area (TPSA) is 58.6 Å². The van der Waals surface area contributed by atoms with Crippen LogP contribution in [0.4, 0.5) is 5.69 Å². The number of para-hydroxylation sites is 2. The molecule has 1 N–H and O–H groups in total. The summed E-state index contributed by atoms with van der Waals surface area (Å²) in [5, 5.41) is 2.90. The van der Waals surface area contributed by atoms with Crippen LogP contribution in [0, 0.1) is 0 Å². The normalized spacial score (nSPS) is 15.4. The highest BCUT2D eigenvalue weighted by molar-refractivity contribution is 6.04. The van der Waals surface area contributed by atoms with E-state index in [0.717, 1.165) is 44.3 Å². The zero-order valence-corrected chi connectivity index (χ0v) is 18.2. The first-order valence-corrected chi connectivity index (χ1v) is 10.9. The van der Waals surface area contributed by atoms with Gasteiger partial charge in [0.1, 0.15) is 5.75 Å². The molecule has 5 heteroatoms. The summed E-state index contributed by atoms with van der Waals surface area (Å²) in [7, 11) is 0. The van der Waals surface area contributed by atoms with Gasteiger partial charge in [0, 0.05) is 13.1 Å². The lowest BCUT2D eigenvalue weighted by Gasteiger charge is -2.23. The van der Waals surface area contributed by atoms with Gasteiger partial charge in [-0.05, 0) is 49.4 Å². The predicted molar refractivity (Wildman–Crippen MR) is 120 cm³/mol. The summed E-state index contributed by atoms with van der Waals surface area (Å²) in [6.07, 6.45) is 3.69. The molecule has 2 aromatic rings. The average Bonchev–Trinajstić information content (AvgIpc) is 3.03. The van der Waals surface area contributed by atoms with E-state index in [4.69, 9.17) is 4.74 Å². The minimum Gasteiger partial charge on any atom is -0.481 e. The van der Waals surface area contributed by atoms with E-state index >= 15 is 0 Å². The van der Waals surface area contributed by atoms with E-state index in [1.54, 1.807) is 19.1 Å². The lowest BCUT2D eigenvalue weighted by atomic mass is 10.0. The lowest BCUT2D eigenvalue weighted by molar-refractivity contribution is -0.122. The molecule has 1 atom stereocenters. The Kier molecular flexibility index (Phi) is 7.50. The van der Waals surface area contributed by atoms with E-state index in [9.17, 15) is 9.59 Å². The van der Waals surface area contributed by atoms with Gasteiger partial charge in [-0.15, -0.1) is 0 Å². The fourth-order valence-corrected chi connectivity index (χ4v) is 3.77. The number of ether oxygens (including phenoxy) is 1. The van der Waals surface area contributed by atoms with Gasteiger partial charge in [0.25, 0.3) is 11.8 Å². The van der Waals surface area contributed by atoms with E-state index in [1.165, 1.54) is 0 Å². The molecule has 30 heavy (non-hydrogen) atoms. The lowest BCUT2D eigenvalue weighted by Crippen LogP contribution is -2.34. The van der Waals surface area contributed by atoms with Crippen molar-refractivity contribution in [1.29, 1.82) is 0 Å². The largest absolute Gasteiger partial charge is 0.481 e. The Morgan fingerprint density at radius 3 is 2.23 bits per heavy atom. The molecular formula is C25H32N2O3. The molecule has 2 amide bonds. The minimum atomic E-state index is -0.689. The molecule has 2 aromatic carbocycles. The van der Waals surface area contributed by atoms with Gasteiger partial charge in [-0.2, -0.15) is 0 Å². The second-order valence-electron chi connectivity index (χ2n) is 8.19. The fourth-order valence-electron chi connectivity index (χ4n) is 3.77. The summed E-state index contributed by atoms with van der Waals surface area (Å²) in [6, 6.07) is 15.0. The number of nitrogens with one attached hydrogen (secondary N) is 1. The highest BCUT2D eigenvalue weighted by Gasteiger charge is 2.23. The van der Waals surface area contributed by atoms with Gasteiger partial charge in [-0.3, -0.25) is 9.59 Å². The van der Waals surface area contributed by atoms with Crippen molar-refractivity contribution >= 4 is 17.5 Å². The summed E-state index contributed by atoms with van der Waals surface area (Å²) < 4.78 is 5.97. The van der Waals surface area contributed by atoms with Crippen molar-refractivity contribution in [2.24, 2.45) is 0 Å². The number of hydrogen-bond donors (Lipinski definition) is 1. The van der Waals surface area contributed by atoms with Crippen LogP contribution in [0.5, 0.6) is 5.75 Å². The van der Waals surface area contributed by atoms with Gasteiger partial charge in [-0.25, -0.2) is 0 Å². The molecule has 1 aliphatic heterocycles. The first-order chi connectivity index (χ1) is 14.5. The van der Waals surface area contributed by atoms with Crippen LogP contribution in [0.25, 0.3) is 0 Å².